The van der Waals surface area contributed by atoms with Gasteiger partial charge in [0.1, 0.15) is 0 Å². The molecule has 0 aliphatic carbocycles. The van der Waals surface area contributed by atoms with E-state index in [-0.39, 0.29) is 23.4 Å². The minimum Gasteiger partial charge on any atom is -0.330 e. The number of halogens is 1. The molecular weight excluding hydrogens is 276 g/mol. The minimum atomic E-state index is -3.41. The largest absolute Gasteiger partial charge is 0.330 e. The van der Waals surface area contributed by atoms with Gasteiger partial charge in [-0.05, 0) is 31.4 Å². The summed E-state index contributed by atoms with van der Waals surface area (Å²) in [6, 6.07) is 1.53. The van der Waals surface area contributed by atoms with Crippen LogP contribution in [0.4, 0.5) is 0 Å². The zero-order valence-corrected chi connectivity index (χ0v) is 12.0. The lowest BCUT2D eigenvalue weighted by atomic mass is 10.0. The SMILES string of the molecule is Cl.Cn1nccc1S(=O)(=O)N1CCCC(CN)C1. The number of rotatable bonds is 3. The van der Waals surface area contributed by atoms with Crippen LogP contribution in [0.3, 0.4) is 0 Å². The Morgan fingerprint density at radius 2 is 2.28 bits per heavy atom. The number of hydrogen-bond acceptors (Lipinski definition) is 4. The smallest absolute Gasteiger partial charge is 0.260 e. The zero-order valence-electron chi connectivity index (χ0n) is 10.3. The Bertz CT molecular complexity index is 488. The van der Waals surface area contributed by atoms with Gasteiger partial charge in [-0.25, -0.2) is 8.42 Å². The Balaban J connectivity index is 0.00000162. The van der Waals surface area contributed by atoms with Gasteiger partial charge in [0, 0.05) is 20.1 Å². The van der Waals surface area contributed by atoms with Crippen LogP contribution in [0.2, 0.25) is 0 Å². The summed E-state index contributed by atoms with van der Waals surface area (Å²) in [5, 5.41) is 4.15. The van der Waals surface area contributed by atoms with Crippen LogP contribution < -0.4 is 5.73 Å². The van der Waals surface area contributed by atoms with Gasteiger partial charge in [-0.15, -0.1) is 12.4 Å². The second-order valence-corrected chi connectivity index (χ2v) is 6.28. The molecule has 1 aromatic heterocycles. The van der Waals surface area contributed by atoms with Crippen molar-refractivity contribution in [1.82, 2.24) is 14.1 Å². The first-order valence-electron chi connectivity index (χ1n) is 5.74. The number of hydrogen-bond donors (Lipinski definition) is 1. The van der Waals surface area contributed by atoms with Gasteiger partial charge in [0.25, 0.3) is 10.0 Å². The summed E-state index contributed by atoms with van der Waals surface area (Å²) in [4.78, 5) is 0. The van der Waals surface area contributed by atoms with Crippen molar-refractivity contribution in [3.05, 3.63) is 12.3 Å². The maximum atomic E-state index is 12.4. The second-order valence-electron chi connectivity index (χ2n) is 4.40. The summed E-state index contributed by atoms with van der Waals surface area (Å²) in [6.45, 7) is 1.63. The maximum absolute atomic E-state index is 12.4. The fourth-order valence-corrected chi connectivity index (χ4v) is 3.84. The number of nitrogens with two attached hydrogens (primary N) is 1. The summed E-state index contributed by atoms with van der Waals surface area (Å²) >= 11 is 0. The van der Waals surface area contributed by atoms with E-state index in [1.165, 1.54) is 21.3 Å². The fourth-order valence-electron chi connectivity index (χ4n) is 2.18. The Kier molecular flexibility index (Phi) is 5.15. The fraction of sp³-hybridized carbons (Fsp3) is 0.700. The highest BCUT2D eigenvalue weighted by molar-refractivity contribution is 7.89. The molecule has 1 saturated heterocycles. The van der Waals surface area contributed by atoms with E-state index in [1.807, 2.05) is 0 Å². The Hall–Kier alpha value is -0.630. The molecule has 0 bridgehead atoms. The van der Waals surface area contributed by atoms with Crippen LogP contribution in [0.1, 0.15) is 12.8 Å². The zero-order chi connectivity index (χ0) is 12.5. The topological polar surface area (TPSA) is 81.2 Å². The van der Waals surface area contributed by atoms with Crippen molar-refractivity contribution in [1.29, 1.82) is 0 Å². The van der Waals surface area contributed by atoms with Crippen molar-refractivity contribution in [2.45, 2.75) is 17.9 Å². The molecular formula is C10H19ClN4O2S. The molecule has 104 valence electrons. The van der Waals surface area contributed by atoms with Crippen LogP contribution in [0.25, 0.3) is 0 Å². The van der Waals surface area contributed by atoms with Crippen molar-refractivity contribution >= 4 is 22.4 Å². The molecule has 1 aliphatic heterocycles. The predicted octanol–water partition coefficient (Wildman–Crippen LogP) is 0.201. The molecule has 2 N–H and O–H groups in total. The molecule has 6 nitrogen and oxygen atoms in total. The van der Waals surface area contributed by atoms with Crippen LogP contribution in [-0.2, 0) is 17.1 Å². The van der Waals surface area contributed by atoms with Gasteiger partial charge in [-0.1, -0.05) is 0 Å². The third kappa shape index (κ3) is 2.85. The van der Waals surface area contributed by atoms with Crippen molar-refractivity contribution in [3.63, 3.8) is 0 Å². The number of piperidine rings is 1. The van der Waals surface area contributed by atoms with Gasteiger partial charge in [0.05, 0.1) is 6.20 Å². The minimum absolute atomic E-state index is 0. The van der Waals surface area contributed by atoms with E-state index < -0.39 is 10.0 Å². The number of aryl methyl sites for hydroxylation is 1. The molecule has 1 atom stereocenters. The van der Waals surface area contributed by atoms with Gasteiger partial charge >= 0.3 is 0 Å². The summed E-state index contributed by atoms with van der Waals surface area (Å²) in [5.74, 6) is 0.270. The van der Waals surface area contributed by atoms with Crippen molar-refractivity contribution < 1.29 is 8.42 Å². The summed E-state index contributed by atoms with van der Waals surface area (Å²) < 4.78 is 27.6. The summed E-state index contributed by atoms with van der Waals surface area (Å²) in [7, 11) is -1.78. The first kappa shape index (κ1) is 15.4. The monoisotopic (exact) mass is 294 g/mol. The van der Waals surface area contributed by atoms with E-state index in [9.17, 15) is 8.42 Å². The second kappa shape index (κ2) is 6.01. The Labute approximate surface area is 114 Å². The van der Waals surface area contributed by atoms with Crippen LogP contribution in [0.15, 0.2) is 17.3 Å². The number of sulfonamides is 1. The highest BCUT2D eigenvalue weighted by Gasteiger charge is 2.31. The van der Waals surface area contributed by atoms with Crippen LogP contribution in [0, 0.1) is 5.92 Å². The van der Waals surface area contributed by atoms with Crippen LogP contribution in [-0.4, -0.2) is 42.1 Å². The molecule has 0 aromatic carbocycles. The highest BCUT2D eigenvalue weighted by atomic mass is 35.5. The molecule has 0 spiro atoms. The van der Waals surface area contributed by atoms with Gasteiger partial charge in [0.15, 0.2) is 5.03 Å². The lowest BCUT2D eigenvalue weighted by Crippen LogP contribution is -2.42. The normalized spacial score (nSPS) is 21.6. The van der Waals surface area contributed by atoms with Crippen molar-refractivity contribution in [3.8, 4) is 0 Å². The average molecular weight is 295 g/mol. The Morgan fingerprint density at radius 1 is 1.56 bits per heavy atom. The lowest BCUT2D eigenvalue weighted by molar-refractivity contribution is 0.270. The molecule has 8 heteroatoms. The first-order valence-corrected chi connectivity index (χ1v) is 7.18. The highest BCUT2D eigenvalue weighted by Crippen LogP contribution is 2.22. The molecule has 0 amide bonds. The molecule has 1 unspecified atom stereocenters. The molecule has 1 aliphatic rings. The van der Waals surface area contributed by atoms with E-state index in [0.717, 1.165) is 12.8 Å². The quantitative estimate of drug-likeness (QED) is 0.863. The van der Waals surface area contributed by atoms with Crippen LogP contribution >= 0.6 is 12.4 Å². The third-order valence-corrected chi connectivity index (χ3v) is 5.14. The van der Waals surface area contributed by atoms with E-state index >= 15 is 0 Å². The first-order chi connectivity index (χ1) is 8.05. The van der Waals surface area contributed by atoms with Gasteiger partial charge in [-0.2, -0.15) is 9.40 Å². The van der Waals surface area contributed by atoms with Crippen molar-refractivity contribution in [2.75, 3.05) is 19.6 Å². The number of nitrogens with zero attached hydrogens (tertiary/aromatic N) is 3. The average Bonchev–Trinajstić information content (AvgIpc) is 2.76. The van der Waals surface area contributed by atoms with E-state index in [4.69, 9.17) is 5.73 Å². The molecule has 1 fully saturated rings. The van der Waals surface area contributed by atoms with Gasteiger partial charge in [-0.3, -0.25) is 4.68 Å². The maximum Gasteiger partial charge on any atom is 0.260 e. The predicted molar refractivity (Wildman–Crippen MR) is 71.0 cm³/mol. The standard InChI is InChI=1S/C10H18N4O2S.ClH/c1-13-10(4-5-12-13)17(15,16)14-6-2-3-9(7-11)8-14;/h4-5,9H,2-3,6-8,11H2,1H3;1H. The Morgan fingerprint density at radius 3 is 2.83 bits per heavy atom. The van der Waals surface area contributed by atoms with Gasteiger partial charge < -0.3 is 5.73 Å². The molecule has 1 aromatic rings. The van der Waals surface area contributed by atoms with E-state index in [1.54, 1.807) is 7.05 Å². The van der Waals surface area contributed by atoms with E-state index in [2.05, 4.69) is 5.10 Å². The summed E-state index contributed by atoms with van der Waals surface area (Å²) in [5.41, 5.74) is 5.62. The lowest BCUT2D eigenvalue weighted by Gasteiger charge is -2.31. The summed E-state index contributed by atoms with van der Waals surface area (Å²) in [6.07, 6.45) is 3.38. The molecule has 0 saturated carbocycles. The van der Waals surface area contributed by atoms with Crippen molar-refractivity contribution in [2.24, 2.45) is 18.7 Å². The molecule has 0 radical (unpaired) electrons. The molecule has 2 rings (SSSR count). The van der Waals surface area contributed by atoms with Crippen LogP contribution in [0.5, 0.6) is 0 Å². The number of aromatic nitrogens is 2. The third-order valence-electron chi connectivity index (χ3n) is 3.20. The van der Waals surface area contributed by atoms with Gasteiger partial charge in [0.2, 0.25) is 0 Å². The van der Waals surface area contributed by atoms with E-state index in [0.29, 0.717) is 19.6 Å². The molecule has 2 heterocycles. The molecule has 18 heavy (non-hydrogen) atoms.